The SMILES string of the molecule is C=CNC(C)=NC(CCN(CCCCc1ccc(CC)c(NC)n1)CCOCC(F)F)C(=O)O. The number of nitrogens with zero attached hydrogens (tertiary/aromatic N) is 3. The number of aliphatic imine (C=N–C) groups is 1. The fraction of sp³-hybridized carbons (Fsp3) is 0.625. The lowest BCUT2D eigenvalue weighted by atomic mass is 10.1. The van der Waals surface area contributed by atoms with Gasteiger partial charge in [-0.2, -0.15) is 0 Å². The Morgan fingerprint density at radius 3 is 2.71 bits per heavy atom. The van der Waals surface area contributed by atoms with Gasteiger partial charge in [-0.3, -0.25) is 4.99 Å². The van der Waals surface area contributed by atoms with Crippen LogP contribution in [-0.4, -0.2) is 79.2 Å². The normalized spacial score (nSPS) is 12.7. The van der Waals surface area contributed by atoms with Gasteiger partial charge in [-0.15, -0.1) is 0 Å². The van der Waals surface area contributed by atoms with Gasteiger partial charge < -0.3 is 25.4 Å². The minimum atomic E-state index is -2.51. The molecule has 0 radical (unpaired) electrons. The molecule has 0 aliphatic rings. The Hall–Kier alpha value is -2.59. The van der Waals surface area contributed by atoms with Crippen LogP contribution in [0.2, 0.25) is 0 Å². The van der Waals surface area contributed by atoms with Crippen LogP contribution in [0, 0.1) is 0 Å². The van der Waals surface area contributed by atoms with Crippen molar-refractivity contribution in [1.82, 2.24) is 15.2 Å². The Morgan fingerprint density at radius 2 is 2.09 bits per heavy atom. The van der Waals surface area contributed by atoms with Crippen LogP contribution in [0.4, 0.5) is 14.6 Å². The summed E-state index contributed by atoms with van der Waals surface area (Å²) in [6, 6.07) is 3.24. The minimum Gasteiger partial charge on any atom is -0.480 e. The summed E-state index contributed by atoms with van der Waals surface area (Å²) >= 11 is 0. The Morgan fingerprint density at radius 1 is 1.32 bits per heavy atom. The summed E-state index contributed by atoms with van der Waals surface area (Å²) in [6.45, 7) is 8.47. The second-order valence-corrected chi connectivity index (χ2v) is 7.88. The maximum atomic E-state index is 12.4. The molecule has 3 N–H and O–H groups in total. The predicted octanol–water partition coefficient (Wildman–Crippen LogP) is 3.59. The van der Waals surface area contributed by atoms with E-state index in [0.717, 1.165) is 37.2 Å². The number of halogens is 2. The summed E-state index contributed by atoms with van der Waals surface area (Å²) in [5.41, 5.74) is 2.19. The summed E-state index contributed by atoms with van der Waals surface area (Å²) in [6.07, 6.45) is 2.73. The van der Waals surface area contributed by atoms with Crippen molar-refractivity contribution >= 4 is 17.6 Å². The summed E-state index contributed by atoms with van der Waals surface area (Å²) in [7, 11) is 1.86. The van der Waals surface area contributed by atoms with Gasteiger partial charge in [0.2, 0.25) is 0 Å². The molecule has 0 spiro atoms. The molecular weight excluding hydrogens is 444 g/mol. The highest BCUT2D eigenvalue weighted by Crippen LogP contribution is 2.15. The number of ether oxygens (including phenoxy) is 1. The number of pyridine rings is 1. The van der Waals surface area contributed by atoms with Crippen molar-refractivity contribution in [3.63, 3.8) is 0 Å². The first-order valence-electron chi connectivity index (χ1n) is 11.7. The van der Waals surface area contributed by atoms with E-state index in [9.17, 15) is 18.7 Å². The molecule has 0 saturated carbocycles. The molecule has 1 rings (SSSR count). The molecule has 0 saturated heterocycles. The molecule has 1 aromatic rings. The molecule has 1 unspecified atom stereocenters. The van der Waals surface area contributed by atoms with Gasteiger partial charge in [0.25, 0.3) is 6.43 Å². The van der Waals surface area contributed by atoms with Crippen molar-refractivity contribution < 1.29 is 23.4 Å². The van der Waals surface area contributed by atoms with Crippen LogP contribution in [0.1, 0.15) is 44.4 Å². The minimum absolute atomic E-state index is 0.161. The van der Waals surface area contributed by atoms with Crippen LogP contribution in [0.5, 0.6) is 0 Å². The summed E-state index contributed by atoms with van der Waals surface area (Å²) in [5.74, 6) is 0.358. The molecule has 0 aliphatic carbocycles. The molecular formula is C24H39F2N5O3. The lowest BCUT2D eigenvalue weighted by Gasteiger charge is -2.23. The van der Waals surface area contributed by atoms with Crippen molar-refractivity contribution in [2.75, 3.05) is 45.2 Å². The van der Waals surface area contributed by atoms with Crippen LogP contribution in [0.3, 0.4) is 0 Å². The third kappa shape index (κ3) is 12.0. The number of alkyl halides is 2. The van der Waals surface area contributed by atoms with Crippen molar-refractivity contribution in [3.05, 3.63) is 36.2 Å². The van der Waals surface area contributed by atoms with E-state index in [-0.39, 0.29) is 6.61 Å². The van der Waals surface area contributed by atoms with Crippen molar-refractivity contribution in [2.24, 2.45) is 4.99 Å². The first-order valence-corrected chi connectivity index (χ1v) is 11.7. The zero-order valence-electron chi connectivity index (χ0n) is 20.5. The number of anilines is 1. The van der Waals surface area contributed by atoms with E-state index >= 15 is 0 Å². The molecule has 192 valence electrons. The third-order valence-corrected chi connectivity index (χ3v) is 5.27. The van der Waals surface area contributed by atoms with E-state index < -0.39 is 25.0 Å². The van der Waals surface area contributed by atoms with Gasteiger partial charge in [0, 0.05) is 25.8 Å². The second kappa shape index (κ2) is 16.9. The molecule has 0 fully saturated rings. The number of carbonyl (C=O) groups is 1. The van der Waals surface area contributed by atoms with E-state index in [2.05, 4.69) is 40.2 Å². The Labute approximate surface area is 201 Å². The second-order valence-electron chi connectivity index (χ2n) is 7.88. The number of rotatable bonds is 18. The van der Waals surface area contributed by atoms with Crippen LogP contribution in [0.25, 0.3) is 0 Å². The molecule has 8 nitrogen and oxygen atoms in total. The fourth-order valence-electron chi connectivity index (χ4n) is 3.48. The molecule has 1 aromatic heterocycles. The number of hydrogen-bond donors (Lipinski definition) is 3. The Balaban J connectivity index is 2.64. The number of unbranched alkanes of at least 4 members (excludes halogenated alkanes) is 1. The zero-order chi connectivity index (χ0) is 25.3. The maximum absolute atomic E-state index is 12.4. The Kier molecular flexibility index (Phi) is 14.7. The first kappa shape index (κ1) is 29.4. The number of aromatic nitrogens is 1. The lowest BCUT2D eigenvalue weighted by Crippen LogP contribution is -2.34. The number of aryl methyl sites for hydroxylation is 2. The highest BCUT2D eigenvalue weighted by Gasteiger charge is 2.18. The van der Waals surface area contributed by atoms with E-state index in [0.29, 0.717) is 31.9 Å². The number of amidine groups is 1. The molecule has 34 heavy (non-hydrogen) atoms. The van der Waals surface area contributed by atoms with E-state index in [1.807, 2.05) is 18.0 Å². The number of hydrogen-bond acceptors (Lipinski definition) is 6. The monoisotopic (exact) mass is 483 g/mol. The van der Waals surface area contributed by atoms with Gasteiger partial charge in [-0.1, -0.05) is 19.6 Å². The molecule has 0 aliphatic heterocycles. The highest BCUT2D eigenvalue weighted by molar-refractivity contribution is 5.84. The van der Waals surface area contributed by atoms with Gasteiger partial charge >= 0.3 is 5.97 Å². The largest absolute Gasteiger partial charge is 0.480 e. The van der Waals surface area contributed by atoms with Crippen LogP contribution >= 0.6 is 0 Å². The average Bonchev–Trinajstić information content (AvgIpc) is 2.80. The van der Waals surface area contributed by atoms with Crippen LogP contribution in [-0.2, 0) is 22.4 Å². The van der Waals surface area contributed by atoms with Gasteiger partial charge in [0.1, 0.15) is 12.4 Å². The number of aliphatic carboxylic acids is 1. The quantitative estimate of drug-likeness (QED) is 0.167. The van der Waals surface area contributed by atoms with Crippen LogP contribution in [0.15, 0.2) is 29.9 Å². The zero-order valence-corrected chi connectivity index (χ0v) is 20.5. The van der Waals surface area contributed by atoms with E-state index in [1.165, 1.54) is 11.8 Å². The van der Waals surface area contributed by atoms with E-state index in [1.54, 1.807) is 6.92 Å². The molecule has 10 heteroatoms. The number of carboxylic acid groups (broad SMARTS) is 1. The summed E-state index contributed by atoms with van der Waals surface area (Å²) in [4.78, 5) is 22.5. The highest BCUT2D eigenvalue weighted by atomic mass is 19.3. The van der Waals surface area contributed by atoms with Gasteiger partial charge in [-0.05, 0) is 63.4 Å². The first-order chi connectivity index (χ1) is 16.3. The number of nitrogens with one attached hydrogen (secondary N) is 2. The third-order valence-electron chi connectivity index (χ3n) is 5.27. The van der Waals surface area contributed by atoms with Crippen molar-refractivity contribution in [2.45, 2.75) is 58.4 Å². The van der Waals surface area contributed by atoms with Gasteiger partial charge in [0.05, 0.1) is 12.4 Å². The molecule has 0 bridgehead atoms. The summed E-state index contributed by atoms with van der Waals surface area (Å²) < 4.78 is 29.7. The van der Waals surface area contributed by atoms with Gasteiger partial charge in [0.15, 0.2) is 6.04 Å². The van der Waals surface area contributed by atoms with E-state index in [4.69, 9.17) is 4.74 Å². The number of carboxylic acids is 1. The summed E-state index contributed by atoms with van der Waals surface area (Å²) in [5, 5.41) is 15.4. The standard InChI is InChI=1S/C24H39F2N5O3/c1-5-19-10-11-20(30-23(19)27-4)9-7-8-13-31(15-16-34-17-22(25)26)14-12-21(24(32)33)29-18(3)28-6-2/h6,10-11,21-22H,2,5,7-9,12-17H2,1,3-4H3,(H,27,30)(H,28,29)(H,32,33). The molecule has 1 atom stereocenters. The van der Waals surface area contributed by atoms with Crippen molar-refractivity contribution in [3.8, 4) is 0 Å². The topological polar surface area (TPSA) is 99.1 Å². The average molecular weight is 484 g/mol. The van der Waals surface area contributed by atoms with Crippen LogP contribution < -0.4 is 10.6 Å². The predicted molar refractivity (Wildman–Crippen MR) is 132 cm³/mol. The lowest BCUT2D eigenvalue weighted by molar-refractivity contribution is -0.138. The molecule has 0 amide bonds. The fourth-order valence-corrected chi connectivity index (χ4v) is 3.48. The van der Waals surface area contributed by atoms with Crippen molar-refractivity contribution in [1.29, 1.82) is 0 Å². The van der Waals surface area contributed by atoms with Gasteiger partial charge in [-0.25, -0.2) is 18.6 Å². The smallest absolute Gasteiger partial charge is 0.328 e. The Bertz CT molecular complexity index is 777. The maximum Gasteiger partial charge on any atom is 0.328 e. The molecule has 0 aromatic carbocycles. The molecule has 1 heterocycles.